The molecule has 0 amide bonds. The Balaban J connectivity index is 0. The number of hydrogen-bond acceptors (Lipinski definition) is 6. The lowest BCUT2D eigenvalue weighted by Crippen LogP contribution is -2.46. The van der Waals surface area contributed by atoms with Crippen LogP contribution >= 0.6 is 0 Å². The van der Waals surface area contributed by atoms with Crippen LogP contribution in [0.15, 0.2) is 12.2 Å². The predicted molar refractivity (Wildman–Crippen MR) is 91.2 cm³/mol. The van der Waals surface area contributed by atoms with Crippen molar-refractivity contribution in [1.82, 2.24) is 0 Å². The maximum atomic E-state index is 11.4. The number of ether oxygens (including phenoxy) is 1. The Morgan fingerprint density at radius 1 is 0.966 bits per heavy atom. The van der Waals surface area contributed by atoms with E-state index in [4.69, 9.17) is 4.74 Å². The summed E-state index contributed by atoms with van der Waals surface area (Å²) in [4.78, 5) is 11.1. The Bertz CT molecular complexity index is 729. The monoisotopic (exact) mass is 480 g/mol. The molecule has 0 unspecified atom stereocenters. The molecule has 0 radical (unpaired) electrons. The van der Waals surface area contributed by atoms with Crippen LogP contribution in [0.3, 0.4) is 0 Å². The summed E-state index contributed by atoms with van der Waals surface area (Å²) in [5.74, 6) is -0.288. The number of nitrogens with zero attached hydrogens (tertiary/aromatic N) is 2. The molecule has 0 rings (SSSR count). The van der Waals surface area contributed by atoms with Gasteiger partial charge in [-0.2, -0.15) is 26.3 Å². The molecule has 0 aromatic heterocycles. The van der Waals surface area contributed by atoms with Crippen LogP contribution in [0.4, 0.5) is 26.3 Å². The SMILES string of the molecule is C=C(C)C(=O)OCC[N+](C)(CC)CC.O=S(=O)([N-]S(=O)(=O)C(F)(F)F)C(F)(F)F. The number of quaternary nitrogens is 1. The van der Waals surface area contributed by atoms with E-state index < -0.39 is 31.1 Å². The van der Waals surface area contributed by atoms with Crippen LogP contribution in [0, 0.1) is 0 Å². The summed E-state index contributed by atoms with van der Waals surface area (Å²) >= 11 is 0. The average molecular weight is 480 g/mol. The zero-order valence-electron chi connectivity index (χ0n) is 16.0. The first-order valence-corrected chi connectivity index (χ1v) is 10.6. The number of carbonyl (C=O) groups excluding carboxylic acids is 1. The van der Waals surface area contributed by atoms with Crippen molar-refractivity contribution in [3.05, 3.63) is 16.3 Å². The van der Waals surface area contributed by atoms with Crippen LogP contribution in [-0.4, -0.2) is 71.6 Å². The van der Waals surface area contributed by atoms with Crippen LogP contribution in [0.5, 0.6) is 0 Å². The van der Waals surface area contributed by atoms with Crippen molar-refractivity contribution >= 4 is 26.0 Å². The van der Waals surface area contributed by atoms with Crippen LogP contribution < -0.4 is 0 Å². The third-order valence-corrected chi connectivity index (χ3v) is 6.26. The number of sulfonamides is 2. The van der Waals surface area contributed by atoms with Gasteiger partial charge >= 0.3 is 17.0 Å². The molecular weight excluding hydrogens is 458 g/mol. The van der Waals surface area contributed by atoms with Gasteiger partial charge in [0.2, 0.25) is 0 Å². The molecule has 0 aliphatic carbocycles. The summed E-state index contributed by atoms with van der Waals surface area (Å²) in [6.07, 6.45) is 0. The van der Waals surface area contributed by atoms with Crippen LogP contribution in [-0.2, 0) is 29.6 Å². The molecule has 0 saturated carbocycles. The van der Waals surface area contributed by atoms with Crippen molar-refractivity contribution in [3.8, 4) is 0 Å². The second kappa shape index (κ2) is 10.6. The fourth-order valence-electron chi connectivity index (χ4n) is 1.24. The number of carbonyl (C=O) groups is 1. The van der Waals surface area contributed by atoms with Crippen molar-refractivity contribution in [1.29, 1.82) is 0 Å². The molecule has 0 heterocycles. The first-order chi connectivity index (χ1) is 12.7. The number of alkyl halides is 6. The van der Waals surface area contributed by atoms with E-state index in [9.17, 15) is 48.0 Å². The number of halogens is 6. The second-order valence-electron chi connectivity index (χ2n) is 5.81. The van der Waals surface area contributed by atoms with Gasteiger partial charge in [-0.1, -0.05) is 6.58 Å². The zero-order valence-corrected chi connectivity index (χ0v) is 17.6. The lowest BCUT2D eigenvalue weighted by molar-refractivity contribution is -0.906. The van der Waals surface area contributed by atoms with E-state index >= 15 is 0 Å². The number of rotatable bonds is 8. The average Bonchev–Trinajstić information content (AvgIpc) is 2.52. The molecule has 0 N–H and O–H groups in total. The first kappa shape index (κ1) is 29.8. The fourth-order valence-corrected chi connectivity index (χ4v) is 2.95. The lowest BCUT2D eigenvalue weighted by atomic mass is 10.3. The van der Waals surface area contributed by atoms with E-state index in [0.717, 1.165) is 28.2 Å². The van der Waals surface area contributed by atoms with Gasteiger partial charge in [0, 0.05) is 5.57 Å². The van der Waals surface area contributed by atoms with Gasteiger partial charge in [-0.15, -0.1) is 0 Å². The highest BCUT2D eigenvalue weighted by atomic mass is 32.3. The Morgan fingerprint density at radius 2 is 1.31 bits per heavy atom. The Labute approximate surface area is 165 Å². The number of hydrogen-bond donors (Lipinski definition) is 0. The van der Waals surface area contributed by atoms with E-state index in [0.29, 0.717) is 12.2 Å². The van der Waals surface area contributed by atoms with Gasteiger partial charge in [-0.25, -0.2) is 21.6 Å². The molecule has 0 fully saturated rings. The Morgan fingerprint density at radius 3 is 1.55 bits per heavy atom. The van der Waals surface area contributed by atoms with Gasteiger partial charge in [0.15, 0.2) is 20.0 Å². The van der Waals surface area contributed by atoms with E-state index in [1.54, 1.807) is 6.92 Å². The van der Waals surface area contributed by atoms with E-state index in [1.807, 2.05) is 0 Å². The van der Waals surface area contributed by atoms with Crippen molar-refractivity contribution < 1.29 is 57.2 Å². The summed E-state index contributed by atoms with van der Waals surface area (Å²) < 4.78 is 115. The summed E-state index contributed by atoms with van der Waals surface area (Å²) in [6.45, 7) is 12.9. The number of likely N-dealkylation sites (N-methyl/N-ethyl adjacent to an activating group) is 1. The second-order valence-corrected chi connectivity index (χ2v) is 9.23. The zero-order chi connectivity index (χ0) is 23.9. The molecular formula is C13H22F6N2O6S2. The minimum absolute atomic E-state index is 0.288. The van der Waals surface area contributed by atoms with Gasteiger partial charge in [0.25, 0.3) is 0 Å². The first-order valence-electron chi connectivity index (χ1n) is 7.68. The van der Waals surface area contributed by atoms with E-state index in [1.165, 1.54) is 0 Å². The summed E-state index contributed by atoms with van der Waals surface area (Å²) in [5, 5.41) is 0. The predicted octanol–water partition coefficient (Wildman–Crippen LogP) is 2.65. The molecule has 0 aromatic rings. The van der Waals surface area contributed by atoms with Gasteiger partial charge in [0.1, 0.15) is 13.2 Å². The molecule has 29 heavy (non-hydrogen) atoms. The Hall–Kier alpha value is -1.39. The highest BCUT2D eigenvalue weighted by Gasteiger charge is 2.46. The third-order valence-electron chi connectivity index (χ3n) is 3.52. The lowest BCUT2D eigenvalue weighted by Gasteiger charge is -2.31. The van der Waals surface area contributed by atoms with Crippen molar-refractivity contribution in [2.45, 2.75) is 31.8 Å². The maximum absolute atomic E-state index is 11.4. The quantitative estimate of drug-likeness (QED) is 0.229. The van der Waals surface area contributed by atoms with E-state index in [-0.39, 0.29) is 5.97 Å². The molecule has 0 aliphatic rings. The van der Waals surface area contributed by atoms with Crippen LogP contribution in [0.25, 0.3) is 4.13 Å². The van der Waals surface area contributed by atoms with E-state index in [2.05, 4.69) is 27.5 Å². The van der Waals surface area contributed by atoms with Crippen LogP contribution in [0.2, 0.25) is 0 Å². The smallest absolute Gasteiger partial charge is 0.456 e. The highest BCUT2D eigenvalue weighted by molar-refractivity contribution is 8.13. The normalized spacial score (nSPS) is 13.3. The standard InChI is InChI=1S/C11H22NO2.C2F6NO4S2/c1-6-12(5,7-2)8-9-14-11(13)10(3)4;3-1(4,5)14(10,11)9-15(12,13)2(6,7)8/h3,6-9H2,1-2,4-5H3;/q+1;-1. The van der Waals surface area contributed by atoms with Gasteiger partial charge in [-0.3, -0.25) is 0 Å². The molecule has 0 atom stereocenters. The van der Waals surface area contributed by atoms with Crippen molar-refractivity contribution in [3.63, 3.8) is 0 Å². The van der Waals surface area contributed by atoms with Crippen LogP contribution in [0.1, 0.15) is 20.8 Å². The molecule has 174 valence electrons. The molecule has 0 saturated heterocycles. The van der Waals surface area contributed by atoms with Gasteiger partial charge < -0.3 is 13.3 Å². The maximum Gasteiger partial charge on any atom is 0.480 e. The highest BCUT2D eigenvalue weighted by Crippen LogP contribution is 2.36. The van der Waals surface area contributed by atoms with Gasteiger partial charge in [0.05, 0.1) is 20.1 Å². The van der Waals surface area contributed by atoms with Gasteiger partial charge in [-0.05, 0) is 20.8 Å². The minimum atomic E-state index is -6.72. The van der Waals surface area contributed by atoms with Crippen molar-refractivity contribution in [2.24, 2.45) is 0 Å². The Kier molecular flexibility index (Phi) is 10.9. The molecule has 0 aromatic carbocycles. The third kappa shape index (κ3) is 10.3. The number of esters is 1. The fraction of sp³-hybridized carbons (Fsp3) is 0.769. The molecule has 0 spiro atoms. The molecule has 8 nitrogen and oxygen atoms in total. The summed E-state index contributed by atoms with van der Waals surface area (Å²) in [7, 11) is -11.3. The van der Waals surface area contributed by atoms with Crippen molar-refractivity contribution in [2.75, 3.05) is 33.3 Å². The topological polar surface area (TPSA) is 109 Å². The summed E-state index contributed by atoms with van der Waals surface area (Å²) in [6, 6.07) is 0. The minimum Gasteiger partial charge on any atom is -0.456 e. The molecule has 16 heteroatoms. The molecule has 0 aliphatic heterocycles. The summed E-state index contributed by atoms with van der Waals surface area (Å²) in [5.41, 5.74) is -11.9. The molecule has 0 bridgehead atoms. The largest absolute Gasteiger partial charge is 0.480 e.